The maximum Gasteiger partial charge on any atom is 0.186 e. The van der Waals surface area contributed by atoms with Gasteiger partial charge in [0.2, 0.25) is 0 Å². The molecule has 0 bridgehead atoms. The van der Waals surface area contributed by atoms with Gasteiger partial charge < -0.3 is 49.6 Å². The highest BCUT2D eigenvalue weighted by atomic mass is 16.7. The standard InChI is InChI=1S/C17H32O10/c1-2-3-4-5-6-24-17-15(23)13(21)12(20)10(27-17)8-26-16-14(22)11(19)9(18)7-25-16/h9-23H,2-8H2,1H3/t9-,10-,11-,12-,13-,14+,15+,16+,17+/m1/s1. The van der Waals surface area contributed by atoms with Gasteiger partial charge in [-0.15, -0.1) is 0 Å². The third-order valence-electron chi connectivity index (χ3n) is 4.83. The van der Waals surface area contributed by atoms with Crippen LogP contribution in [0.25, 0.3) is 0 Å². The molecule has 9 atom stereocenters. The van der Waals surface area contributed by atoms with E-state index >= 15 is 0 Å². The molecule has 0 aromatic carbocycles. The van der Waals surface area contributed by atoms with Gasteiger partial charge in [0.15, 0.2) is 12.6 Å². The molecule has 2 saturated heterocycles. The number of unbranched alkanes of at least 4 members (excludes halogenated alkanes) is 3. The molecule has 2 aliphatic rings. The van der Waals surface area contributed by atoms with Crippen molar-refractivity contribution >= 4 is 0 Å². The topological polar surface area (TPSA) is 158 Å². The van der Waals surface area contributed by atoms with E-state index in [1.165, 1.54) is 0 Å². The summed E-state index contributed by atoms with van der Waals surface area (Å²) in [6, 6.07) is 0. The van der Waals surface area contributed by atoms with E-state index in [-0.39, 0.29) is 13.2 Å². The van der Waals surface area contributed by atoms with Crippen molar-refractivity contribution < 1.29 is 49.6 Å². The van der Waals surface area contributed by atoms with E-state index in [0.717, 1.165) is 25.7 Å². The van der Waals surface area contributed by atoms with Crippen molar-refractivity contribution in [3.8, 4) is 0 Å². The molecule has 0 aliphatic carbocycles. The van der Waals surface area contributed by atoms with Gasteiger partial charge in [0.25, 0.3) is 0 Å². The Balaban J connectivity index is 1.83. The monoisotopic (exact) mass is 396 g/mol. The number of rotatable bonds is 9. The Labute approximate surface area is 158 Å². The Morgan fingerprint density at radius 3 is 2.19 bits per heavy atom. The van der Waals surface area contributed by atoms with Crippen molar-refractivity contribution in [3.63, 3.8) is 0 Å². The quantitative estimate of drug-likeness (QED) is 0.237. The van der Waals surface area contributed by atoms with Crippen LogP contribution < -0.4 is 0 Å². The van der Waals surface area contributed by atoms with Crippen LogP contribution in [-0.2, 0) is 18.9 Å². The van der Waals surface area contributed by atoms with Crippen LogP contribution in [0.2, 0.25) is 0 Å². The van der Waals surface area contributed by atoms with Gasteiger partial charge in [-0.3, -0.25) is 0 Å². The summed E-state index contributed by atoms with van der Waals surface area (Å²) in [5.74, 6) is 0. The fraction of sp³-hybridized carbons (Fsp3) is 1.00. The van der Waals surface area contributed by atoms with Gasteiger partial charge in [0.1, 0.15) is 42.7 Å². The molecule has 0 radical (unpaired) electrons. The van der Waals surface area contributed by atoms with Crippen molar-refractivity contribution in [1.29, 1.82) is 0 Å². The molecule has 2 fully saturated rings. The Morgan fingerprint density at radius 1 is 0.778 bits per heavy atom. The van der Waals surface area contributed by atoms with E-state index in [1.807, 2.05) is 0 Å². The van der Waals surface area contributed by atoms with E-state index in [1.54, 1.807) is 0 Å². The smallest absolute Gasteiger partial charge is 0.186 e. The van der Waals surface area contributed by atoms with Crippen LogP contribution in [0.15, 0.2) is 0 Å². The first-order valence-corrected chi connectivity index (χ1v) is 9.45. The molecular formula is C17H32O10. The van der Waals surface area contributed by atoms with Crippen LogP contribution >= 0.6 is 0 Å². The summed E-state index contributed by atoms with van der Waals surface area (Å²) >= 11 is 0. The minimum atomic E-state index is -1.49. The lowest BCUT2D eigenvalue weighted by atomic mass is 9.99. The van der Waals surface area contributed by atoms with Gasteiger partial charge in [-0.05, 0) is 6.42 Å². The number of aliphatic hydroxyl groups is 6. The van der Waals surface area contributed by atoms with Crippen molar-refractivity contribution in [2.75, 3.05) is 19.8 Å². The van der Waals surface area contributed by atoms with Crippen molar-refractivity contribution in [3.05, 3.63) is 0 Å². The zero-order valence-corrected chi connectivity index (χ0v) is 15.5. The predicted molar refractivity (Wildman–Crippen MR) is 90.5 cm³/mol. The third-order valence-corrected chi connectivity index (χ3v) is 4.83. The first-order chi connectivity index (χ1) is 12.9. The number of ether oxygens (including phenoxy) is 4. The normalized spacial score (nSPS) is 43.0. The van der Waals surface area contributed by atoms with Crippen molar-refractivity contribution in [2.45, 2.75) is 87.9 Å². The van der Waals surface area contributed by atoms with Crippen molar-refractivity contribution in [2.24, 2.45) is 0 Å². The van der Waals surface area contributed by atoms with Crippen LogP contribution in [0.5, 0.6) is 0 Å². The summed E-state index contributed by atoms with van der Waals surface area (Å²) in [6.45, 7) is 1.92. The van der Waals surface area contributed by atoms with Gasteiger partial charge >= 0.3 is 0 Å². The second kappa shape index (κ2) is 11.0. The number of hydrogen-bond acceptors (Lipinski definition) is 10. The molecule has 10 heteroatoms. The second-order valence-electron chi connectivity index (χ2n) is 7.03. The maximum absolute atomic E-state index is 10.1. The molecule has 2 aliphatic heterocycles. The highest BCUT2D eigenvalue weighted by Crippen LogP contribution is 2.24. The van der Waals surface area contributed by atoms with E-state index < -0.39 is 55.3 Å². The average Bonchev–Trinajstić information content (AvgIpc) is 2.66. The zero-order valence-electron chi connectivity index (χ0n) is 15.5. The summed E-state index contributed by atoms with van der Waals surface area (Å²) < 4.78 is 21.4. The Kier molecular flexibility index (Phi) is 9.29. The fourth-order valence-corrected chi connectivity index (χ4v) is 3.04. The predicted octanol–water partition coefficient (Wildman–Crippen LogP) is -2.15. The Morgan fingerprint density at radius 2 is 1.48 bits per heavy atom. The molecule has 6 N–H and O–H groups in total. The van der Waals surface area contributed by atoms with Gasteiger partial charge in [-0.25, -0.2) is 0 Å². The molecule has 0 spiro atoms. The summed E-state index contributed by atoms with van der Waals surface area (Å²) in [4.78, 5) is 0. The summed E-state index contributed by atoms with van der Waals surface area (Å²) in [7, 11) is 0. The summed E-state index contributed by atoms with van der Waals surface area (Å²) in [5.41, 5.74) is 0. The molecule has 160 valence electrons. The molecule has 2 heterocycles. The van der Waals surface area contributed by atoms with Crippen LogP contribution in [0.3, 0.4) is 0 Å². The Bertz CT molecular complexity index is 425. The van der Waals surface area contributed by atoms with E-state index in [9.17, 15) is 30.6 Å². The molecular weight excluding hydrogens is 364 g/mol. The Hall–Kier alpha value is -0.400. The zero-order chi connectivity index (χ0) is 20.0. The minimum Gasteiger partial charge on any atom is -0.388 e. The minimum absolute atomic E-state index is 0.220. The SMILES string of the molecule is CCCCCCO[C@H]1O[C@H](CO[C@@H]2OC[C@@H](O)[C@@H](O)[C@@H]2O)[C@@H](O)[C@@H](O)[C@@H]1O. The lowest BCUT2D eigenvalue weighted by molar-refractivity contribution is -0.320. The van der Waals surface area contributed by atoms with E-state index in [2.05, 4.69) is 6.92 Å². The molecule has 0 aromatic heterocycles. The van der Waals surface area contributed by atoms with Crippen LogP contribution in [0.1, 0.15) is 32.6 Å². The van der Waals surface area contributed by atoms with Gasteiger partial charge in [0, 0.05) is 6.61 Å². The maximum atomic E-state index is 10.1. The molecule has 0 aromatic rings. The van der Waals surface area contributed by atoms with Gasteiger partial charge in [-0.2, -0.15) is 0 Å². The first kappa shape index (κ1) is 22.9. The molecule has 10 nitrogen and oxygen atoms in total. The fourth-order valence-electron chi connectivity index (χ4n) is 3.04. The first-order valence-electron chi connectivity index (χ1n) is 9.45. The molecule has 0 saturated carbocycles. The van der Waals surface area contributed by atoms with Crippen molar-refractivity contribution in [1.82, 2.24) is 0 Å². The molecule has 0 amide bonds. The second-order valence-corrected chi connectivity index (χ2v) is 7.03. The van der Waals surface area contributed by atoms with Crippen LogP contribution in [0.4, 0.5) is 0 Å². The van der Waals surface area contributed by atoms with Crippen LogP contribution in [0, 0.1) is 0 Å². The van der Waals surface area contributed by atoms with Gasteiger partial charge in [0.05, 0.1) is 13.2 Å². The molecule has 0 unspecified atom stereocenters. The van der Waals surface area contributed by atoms with E-state index in [0.29, 0.717) is 6.61 Å². The largest absolute Gasteiger partial charge is 0.388 e. The van der Waals surface area contributed by atoms with Crippen LogP contribution in [-0.4, -0.2) is 106 Å². The lowest BCUT2D eigenvalue weighted by Crippen LogP contribution is -2.60. The third kappa shape index (κ3) is 6.04. The molecule has 2 rings (SSSR count). The molecule has 27 heavy (non-hydrogen) atoms. The lowest BCUT2D eigenvalue weighted by Gasteiger charge is -2.41. The summed E-state index contributed by atoms with van der Waals surface area (Å²) in [6.07, 6.45) is -7.94. The number of hydrogen-bond donors (Lipinski definition) is 6. The summed E-state index contributed by atoms with van der Waals surface area (Å²) in [5, 5.41) is 59.1. The highest BCUT2D eigenvalue weighted by Gasteiger charge is 2.45. The average molecular weight is 396 g/mol. The number of aliphatic hydroxyl groups excluding tert-OH is 6. The van der Waals surface area contributed by atoms with Gasteiger partial charge in [-0.1, -0.05) is 26.2 Å². The highest BCUT2D eigenvalue weighted by molar-refractivity contribution is 4.90. The van der Waals surface area contributed by atoms with E-state index in [4.69, 9.17) is 18.9 Å².